The number of hydrogen-bond donors (Lipinski definition) is 3. The molecule has 0 aliphatic carbocycles. The molecule has 0 saturated carbocycles. The molecule has 4 N–H and O–H groups in total. The molecule has 0 bridgehead atoms. The molecule has 0 fully saturated rings. The maximum atomic E-state index is 11.3. The highest BCUT2D eigenvalue weighted by atomic mass is 16.5. The van der Waals surface area contributed by atoms with Gasteiger partial charge in [-0.05, 0) is 55.3 Å². The number of carbonyl (C=O) groups is 1. The summed E-state index contributed by atoms with van der Waals surface area (Å²) in [6, 6.07) is 14.7. The van der Waals surface area contributed by atoms with E-state index >= 15 is 0 Å². The monoisotopic (exact) mass is 362 g/mol. The third kappa shape index (κ3) is 4.23. The normalized spacial score (nSPS) is 11.8. The number of aryl methyl sites for hydroxylation is 1. The fraction of sp³-hybridized carbons (Fsp3) is 0.190. The lowest BCUT2D eigenvalue weighted by atomic mass is 10.0. The van der Waals surface area contributed by atoms with Gasteiger partial charge >= 0.3 is 0 Å². The van der Waals surface area contributed by atoms with Crippen LogP contribution < -0.4 is 15.8 Å². The molecule has 0 aliphatic heterocycles. The number of nitrogen functional groups attached to an aromatic ring is 1. The lowest BCUT2D eigenvalue weighted by Crippen LogP contribution is -2.23. The van der Waals surface area contributed by atoms with Crippen molar-refractivity contribution in [3.63, 3.8) is 0 Å². The number of benzene rings is 2. The molecule has 1 atom stereocenters. The Hall–Kier alpha value is -3.41. The number of carbonyl (C=O) groups excluding carboxylic acids is 1. The molecular weight excluding hydrogens is 340 g/mol. The van der Waals surface area contributed by atoms with Gasteiger partial charge in [0, 0.05) is 23.9 Å². The summed E-state index contributed by atoms with van der Waals surface area (Å²) in [5, 5.41) is 11.4. The molecule has 1 amide bonds. The molecular formula is C21H22N4O2. The first-order chi connectivity index (χ1) is 12.8. The van der Waals surface area contributed by atoms with Gasteiger partial charge in [0.1, 0.15) is 11.6 Å². The summed E-state index contributed by atoms with van der Waals surface area (Å²) in [4.78, 5) is 15.9. The minimum Gasteiger partial charge on any atom is -0.439 e. The van der Waals surface area contributed by atoms with Crippen LogP contribution in [0.15, 0.2) is 48.5 Å². The summed E-state index contributed by atoms with van der Waals surface area (Å²) >= 11 is 0. The van der Waals surface area contributed by atoms with Crippen molar-refractivity contribution in [2.45, 2.75) is 26.8 Å². The Bertz CT molecular complexity index is 1010. The van der Waals surface area contributed by atoms with Gasteiger partial charge in [0.2, 0.25) is 11.8 Å². The number of amides is 1. The maximum Gasteiger partial charge on any atom is 0.220 e. The number of nitrogens with zero attached hydrogens (tertiary/aromatic N) is 1. The third-order valence-corrected chi connectivity index (χ3v) is 4.32. The second kappa shape index (κ2) is 7.45. The van der Waals surface area contributed by atoms with Crippen molar-refractivity contribution in [2.24, 2.45) is 5.73 Å². The molecule has 0 saturated heterocycles. The molecule has 0 aliphatic rings. The van der Waals surface area contributed by atoms with E-state index in [-0.39, 0.29) is 17.8 Å². The molecule has 6 nitrogen and oxygen atoms in total. The molecule has 0 spiro atoms. The Morgan fingerprint density at radius 3 is 2.52 bits per heavy atom. The van der Waals surface area contributed by atoms with E-state index in [1.165, 1.54) is 6.92 Å². The summed E-state index contributed by atoms with van der Waals surface area (Å²) in [5.74, 6) is 1.05. The molecule has 138 valence electrons. The lowest BCUT2D eigenvalue weighted by molar-refractivity contribution is -0.119. The van der Waals surface area contributed by atoms with E-state index in [0.29, 0.717) is 17.2 Å². The molecule has 1 heterocycles. The van der Waals surface area contributed by atoms with Gasteiger partial charge in [0.15, 0.2) is 0 Å². The molecule has 6 heteroatoms. The Kier molecular flexibility index (Phi) is 5.07. The van der Waals surface area contributed by atoms with Gasteiger partial charge in [0.05, 0.1) is 11.6 Å². The number of aromatic nitrogens is 1. The standard InChI is InChI=1S/C21H22N4O2/c1-12-10-20(27-17-7-4-15(5-8-17)21(22)23)25-19-11-16(6-9-18(12)19)13(2)24-14(3)26/h4-11,13H,1-3H3,(H3,22,23)(H,24,26). The van der Waals surface area contributed by atoms with Crippen LogP contribution in [0.4, 0.5) is 0 Å². The minimum absolute atomic E-state index is 0.0158. The van der Waals surface area contributed by atoms with Crippen molar-refractivity contribution >= 4 is 22.6 Å². The van der Waals surface area contributed by atoms with Crippen LogP contribution in [-0.4, -0.2) is 16.7 Å². The maximum absolute atomic E-state index is 11.3. The van der Waals surface area contributed by atoms with Gasteiger partial charge in [-0.3, -0.25) is 10.2 Å². The highest BCUT2D eigenvalue weighted by Gasteiger charge is 2.10. The van der Waals surface area contributed by atoms with Crippen LogP contribution in [0.1, 0.15) is 36.6 Å². The Balaban J connectivity index is 1.91. The number of hydrogen-bond acceptors (Lipinski definition) is 4. The lowest BCUT2D eigenvalue weighted by Gasteiger charge is -2.14. The zero-order chi connectivity index (χ0) is 19.6. The molecule has 1 aromatic heterocycles. The van der Waals surface area contributed by atoms with Crippen molar-refractivity contribution in [3.8, 4) is 11.6 Å². The van der Waals surface area contributed by atoms with Crippen LogP contribution in [0.3, 0.4) is 0 Å². The van der Waals surface area contributed by atoms with Crippen LogP contribution in [-0.2, 0) is 4.79 Å². The molecule has 27 heavy (non-hydrogen) atoms. The Labute approximate surface area is 157 Å². The van der Waals surface area contributed by atoms with Crippen LogP contribution >= 0.6 is 0 Å². The summed E-state index contributed by atoms with van der Waals surface area (Å²) in [5.41, 5.74) is 8.95. The first kappa shape index (κ1) is 18.4. The number of rotatable bonds is 5. The number of fused-ring (bicyclic) bond motifs is 1. The van der Waals surface area contributed by atoms with Gasteiger partial charge in [0.25, 0.3) is 0 Å². The molecule has 3 aromatic rings. The first-order valence-electron chi connectivity index (χ1n) is 8.64. The topological polar surface area (TPSA) is 101 Å². The van der Waals surface area contributed by atoms with E-state index in [1.54, 1.807) is 24.3 Å². The first-order valence-corrected chi connectivity index (χ1v) is 8.64. The number of amidine groups is 1. The van der Waals surface area contributed by atoms with Crippen molar-refractivity contribution < 1.29 is 9.53 Å². The van der Waals surface area contributed by atoms with Crippen molar-refractivity contribution in [1.29, 1.82) is 5.41 Å². The second-order valence-electron chi connectivity index (χ2n) is 6.52. The van der Waals surface area contributed by atoms with E-state index in [2.05, 4.69) is 10.3 Å². The molecule has 2 aromatic carbocycles. The van der Waals surface area contributed by atoms with Gasteiger partial charge in [-0.1, -0.05) is 12.1 Å². The van der Waals surface area contributed by atoms with E-state index in [9.17, 15) is 4.79 Å². The number of ether oxygens (including phenoxy) is 1. The summed E-state index contributed by atoms with van der Waals surface area (Å²) in [6.07, 6.45) is 0. The molecule has 0 radical (unpaired) electrons. The summed E-state index contributed by atoms with van der Waals surface area (Å²) < 4.78 is 5.87. The number of pyridine rings is 1. The van der Waals surface area contributed by atoms with Gasteiger partial charge in [-0.2, -0.15) is 0 Å². The van der Waals surface area contributed by atoms with E-state index in [0.717, 1.165) is 22.0 Å². The van der Waals surface area contributed by atoms with Crippen LogP contribution in [0, 0.1) is 12.3 Å². The van der Waals surface area contributed by atoms with Crippen LogP contribution in [0.25, 0.3) is 10.9 Å². The van der Waals surface area contributed by atoms with Gasteiger partial charge < -0.3 is 15.8 Å². The smallest absolute Gasteiger partial charge is 0.220 e. The SMILES string of the molecule is CC(=O)NC(C)c1ccc2c(C)cc(Oc3ccc(C(=N)N)cc3)nc2c1. The average molecular weight is 362 g/mol. The van der Waals surface area contributed by atoms with Gasteiger partial charge in [-0.15, -0.1) is 0 Å². The van der Waals surface area contributed by atoms with Crippen LogP contribution in [0.2, 0.25) is 0 Å². The number of nitrogens with two attached hydrogens (primary N) is 1. The van der Waals surface area contributed by atoms with Crippen molar-refractivity contribution in [3.05, 3.63) is 65.2 Å². The largest absolute Gasteiger partial charge is 0.439 e. The predicted molar refractivity (Wildman–Crippen MR) is 106 cm³/mol. The Morgan fingerprint density at radius 2 is 1.89 bits per heavy atom. The summed E-state index contributed by atoms with van der Waals surface area (Å²) in [7, 11) is 0. The second-order valence-corrected chi connectivity index (χ2v) is 6.52. The quantitative estimate of drug-likeness (QED) is 0.474. The molecule has 3 rings (SSSR count). The molecule has 1 unspecified atom stereocenters. The zero-order valence-electron chi connectivity index (χ0n) is 15.5. The predicted octanol–water partition coefficient (Wildman–Crippen LogP) is 3.82. The fourth-order valence-electron chi connectivity index (χ4n) is 2.92. The highest BCUT2D eigenvalue weighted by molar-refractivity contribution is 5.95. The third-order valence-electron chi connectivity index (χ3n) is 4.32. The highest BCUT2D eigenvalue weighted by Crippen LogP contribution is 2.27. The fourth-order valence-corrected chi connectivity index (χ4v) is 2.92. The number of nitrogens with one attached hydrogen (secondary N) is 2. The zero-order valence-corrected chi connectivity index (χ0v) is 15.5. The van der Waals surface area contributed by atoms with Crippen LogP contribution in [0.5, 0.6) is 11.6 Å². The average Bonchev–Trinajstić information content (AvgIpc) is 2.61. The summed E-state index contributed by atoms with van der Waals surface area (Å²) in [6.45, 7) is 5.45. The van der Waals surface area contributed by atoms with E-state index < -0.39 is 0 Å². The van der Waals surface area contributed by atoms with E-state index in [4.69, 9.17) is 15.9 Å². The Morgan fingerprint density at radius 1 is 1.19 bits per heavy atom. The van der Waals surface area contributed by atoms with E-state index in [1.807, 2.05) is 38.1 Å². The minimum atomic E-state index is -0.0993. The van der Waals surface area contributed by atoms with Crippen molar-refractivity contribution in [1.82, 2.24) is 10.3 Å². The van der Waals surface area contributed by atoms with Crippen molar-refractivity contribution in [2.75, 3.05) is 0 Å². The van der Waals surface area contributed by atoms with Gasteiger partial charge in [-0.25, -0.2) is 4.98 Å².